The topological polar surface area (TPSA) is 57.5 Å². The molecule has 3 rings (SSSR count). The molecule has 0 atom stereocenters. The molecule has 0 saturated carbocycles. The number of hydrogen-bond donors (Lipinski definition) is 0. The van der Waals surface area contributed by atoms with Crippen molar-refractivity contribution in [3.8, 4) is 5.75 Å². The van der Waals surface area contributed by atoms with E-state index in [0.717, 1.165) is 4.88 Å². The van der Waals surface area contributed by atoms with E-state index in [0.29, 0.717) is 14.8 Å². The van der Waals surface area contributed by atoms with Crippen LogP contribution in [0.25, 0.3) is 12.2 Å². The van der Waals surface area contributed by atoms with Crippen LogP contribution in [0.1, 0.15) is 17.4 Å². The summed E-state index contributed by atoms with van der Waals surface area (Å²) in [6.07, 6.45) is 3.08. The number of hydrogen-bond acceptors (Lipinski definition) is 6. The van der Waals surface area contributed by atoms with Crippen LogP contribution >= 0.6 is 22.7 Å². The summed E-state index contributed by atoms with van der Waals surface area (Å²) in [5.74, 6) is -0.905. The predicted octanol–water partition coefficient (Wildman–Crippen LogP) is 2.34. The van der Waals surface area contributed by atoms with Crippen molar-refractivity contribution in [1.29, 1.82) is 0 Å². The van der Waals surface area contributed by atoms with Gasteiger partial charge in [0.15, 0.2) is 11.6 Å². The molecule has 0 radical (unpaired) electrons. The van der Waals surface area contributed by atoms with Crippen LogP contribution in [-0.2, 0) is 16.1 Å². The van der Waals surface area contributed by atoms with E-state index in [-0.39, 0.29) is 24.5 Å². The van der Waals surface area contributed by atoms with Crippen LogP contribution in [0.2, 0.25) is 0 Å². The molecule has 3 aromatic rings. The van der Waals surface area contributed by atoms with Crippen molar-refractivity contribution in [2.75, 3.05) is 13.7 Å². The van der Waals surface area contributed by atoms with Gasteiger partial charge >= 0.3 is 5.97 Å². The van der Waals surface area contributed by atoms with Gasteiger partial charge in [-0.1, -0.05) is 12.1 Å². The molecular formula is C20H18FNO4S2. The van der Waals surface area contributed by atoms with E-state index in [1.165, 1.54) is 52.6 Å². The Morgan fingerprint density at radius 3 is 2.79 bits per heavy atom. The Balaban J connectivity index is 2.10. The first-order chi connectivity index (χ1) is 13.5. The van der Waals surface area contributed by atoms with Crippen molar-refractivity contribution in [3.05, 3.63) is 71.5 Å². The number of esters is 1. The van der Waals surface area contributed by atoms with Crippen LogP contribution in [0.15, 0.2) is 40.5 Å². The standard InChI is InChI=1S/C20H18FNO4S2/c1-3-26-19(23)11-18-22(12-13-6-7-16(25-2)15(21)9-13)20(24)17(28-18)10-14-5-4-8-27-14/h4-11H,3,12H2,1-2H3/b17-10-,18-11-. The van der Waals surface area contributed by atoms with Crippen LogP contribution in [0.5, 0.6) is 5.75 Å². The Hall–Kier alpha value is -2.71. The molecule has 0 spiro atoms. The molecule has 2 aromatic heterocycles. The van der Waals surface area contributed by atoms with E-state index in [9.17, 15) is 14.0 Å². The van der Waals surface area contributed by atoms with Gasteiger partial charge in [-0.05, 0) is 42.1 Å². The molecule has 0 amide bonds. The third kappa shape index (κ3) is 4.58. The van der Waals surface area contributed by atoms with Gasteiger partial charge in [0.2, 0.25) is 0 Å². The Labute approximate surface area is 168 Å². The average Bonchev–Trinajstić information content (AvgIpc) is 3.26. The third-order valence-corrected chi connectivity index (χ3v) is 5.72. The fourth-order valence-corrected chi connectivity index (χ4v) is 4.32. The molecule has 0 aliphatic rings. The molecule has 5 nitrogen and oxygen atoms in total. The highest BCUT2D eigenvalue weighted by Gasteiger charge is 2.10. The van der Waals surface area contributed by atoms with Crippen LogP contribution in [0.4, 0.5) is 4.39 Å². The lowest BCUT2D eigenvalue weighted by atomic mass is 10.2. The quantitative estimate of drug-likeness (QED) is 0.576. The van der Waals surface area contributed by atoms with Gasteiger partial charge < -0.3 is 9.47 Å². The summed E-state index contributed by atoms with van der Waals surface area (Å²) < 4.78 is 26.3. The molecule has 146 valence electrons. The van der Waals surface area contributed by atoms with Gasteiger partial charge in [-0.15, -0.1) is 22.7 Å². The van der Waals surface area contributed by atoms with Gasteiger partial charge in [0, 0.05) is 4.88 Å². The molecule has 0 aliphatic heterocycles. The van der Waals surface area contributed by atoms with E-state index in [4.69, 9.17) is 9.47 Å². The fourth-order valence-electron chi connectivity index (χ4n) is 2.57. The zero-order chi connectivity index (χ0) is 20.1. The highest BCUT2D eigenvalue weighted by molar-refractivity contribution is 7.11. The molecule has 28 heavy (non-hydrogen) atoms. The molecule has 0 aliphatic carbocycles. The lowest BCUT2D eigenvalue weighted by Gasteiger charge is -2.06. The number of rotatable bonds is 6. The van der Waals surface area contributed by atoms with Gasteiger partial charge in [0.25, 0.3) is 5.56 Å². The normalized spacial score (nSPS) is 12.4. The molecule has 0 fully saturated rings. The first-order valence-corrected chi connectivity index (χ1v) is 10.2. The zero-order valence-corrected chi connectivity index (χ0v) is 16.9. The van der Waals surface area contributed by atoms with Crippen LogP contribution < -0.4 is 19.5 Å². The minimum Gasteiger partial charge on any atom is -0.494 e. The van der Waals surface area contributed by atoms with Crippen molar-refractivity contribution in [2.45, 2.75) is 13.5 Å². The van der Waals surface area contributed by atoms with Crippen LogP contribution in [0.3, 0.4) is 0 Å². The Kier molecular flexibility index (Phi) is 6.43. The highest BCUT2D eigenvalue weighted by Crippen LogP contribution is 2.17. The van der Waals surface area contributed by atoms with Gasteiger partial charge in [0.05, 0.1) is 30.9 Å². The van der Waals surface area contributed by atoms with Gasteiger partial charge in [-0.2, -0.15) is 0 Å². The fraction of sp³-hybridized carbons (Fsp3) is 0.200. The van der Waals surface area contributed by atoms with E-state index >= 15 is 0 Å². The maximum Gasteiger partial charge on any atom is 0.333 e. The van der Waals surface area contributed by atoms with Crippen molar-refractivity contribution in [2.24, 2.45) is 0 Å². The molecular weight excluding hydrogens is 401 g/mol. The number of ether oxygens (including phenoxy) is 2. The maximum atomic E-state index is 14.0. The second kappa shape index (κ2) is 8.99. The summed E-state index contributed by atoms with van der Waals surface area (Å²) in [5.41, 5.74) is 0.338. The minimum absolute atomic E-state index is 0.125. The number of carbonyl (C=O) groups is 1. The SMILES string of the molecule is CCOC(=O)/C=c1\s/c(=C\c2cccs2)c(=O)n1Cc1ccc(OC)c(F)c1. The summed E-state index contributed by atoms with van der Waals surface area (Å²) in [5, 5.41) is 1.92. The van der Waals surface area contributed by atoms with Crippen molar-refractivity contribution >= 4 is 40.8 Å². The number of thiazole rings is 1. The molecule has 0 N–H and O–H groups in total. The summed E-state index contributed by atoms with van der Waals surface area (Å²) in [6, 6.07) is 8.31. The van der Waals surface area contributed by atoms with Gasteiger partial charge in [-0.3, -0.25) is 9.36 Å². The number of methoxy groups -OCH3 is 1. The number of aromatic nitrogens is 1. The van der Waals surface area contributed by atoms with E-state index in [1.807, 2.05) is 17.5 Å². The summed E-state index contributed by atoms with van der Waals surface area (Å²) in [6.45, 7) is 2.08. The van der Waals surface area contributed by atoms with Gasteiger partial charge in [-0.25, -0.2) is 9.18 Å². The monoisotopic (exact) mass is 419 g/mol. The van der Waals surface area contributed by atoms with E-state index < -0.39 is 11.8 Å². The maximum absolute atomic E-state index is 14.0. The number of nitrogens with zero attached hydrogens (tertiary/aromatic N) is 1. The lowest BCUT2D eigenvalue weighted by Crippen LogP contribution is -2.32. The Morgan fingerprint density at radius 2 is 2.14 bits per heavy atom. The van der Waals surface area contributed by atoms with Crippen molar-refractivity contribution in [1.82, 2.24) is 4.57 Å². The van der Waals surface area contributed by atoms with Crippen molar-refractivity contribution < 1.29 is 18.7 Å². The molecule has 8 heteroatoms. The summed E-state index contributed by atoms with van der Waals surface area (Å²) in [7, 11) is 1.39. The Bertz CT molecular complexity index is 1150. The molecule has 0 saturated heterocycles. The van der Waals surface area contributed by atoms with E-state index in [2.05, 4.69) is 0 Å². The number of benzene rings is 1. The minimum atomic E-state index is -0.527. The predicted molar refractivity (Wildman–Crippen MR) is 109 cm³/mol. The molecule has 1 aromatic carbocycles. The van der Waals surface area contributed by atoms with Crippen LogP contribution in [-0.4, -0.2) is 24.3 Å². The first kappa shape index (κ1) is 20.0. The smallest absolute Gasteiger partial charge is 0.333 e. The largest absolute Gasteiger partial charge is 0.494 e. The summed E-state index contributed by atoms with van der Waals surface area (Å²) >= 11 is 2.71. The first-order valence-electron chi connectivity index (χ1n) is 8.47. The lowest BCUT2D eigenvalue weighted by molar-refractivity contribution is -0.135. The van der Waals surface area contributed by atoms with E-state index in [1.54, 1.807) is 19.1 Å². The van der Waals surface area contributed by atoms with Gasteiger partial charge in [0.1, 0.15) is 4.66 Å². The number of thiophene rings is 1. The van der Waals surface area contributed by atoms with Crippen molar-refractivity contribution in [3.63, 3.8) is 0 Å². The third-order valence-electron chi connectivity index (χ3n) is 3.84. The zero-order valence-electron chi connectivity index (χ0n) is 15.3. The number of carbonyl (C=O) groups excluding carboxylic acids is 1. The van der Waals surface area contributed by atoms with Crippen LogP contribution in [0, 0.1) is 5.82 Å². The second-order valence-corrected chi connectivity index (χ2v) is 7.76. The molecule has 0 bridgehead atoms. The summed E-state index contributed by atoms with van der Waals surface area (Å²) in [4.78, 5) is 25.8. The molecule has 0 unspecified atom stereocenters. The average molecular weight is 419 g/mol. The molecule has 2 heterocycles. The Morgan fingerprint density at radius 1 is 1.32 bits per heavy atom. The number of halogens is 1. The second-order valence-electron chi connectivity index (χ2n) is 5.72. The highest BCUT2D eigenvalue weighted by atomic mass is 32.1.